The number of rotatable bonds is 9. The minimum atomic E-state index is -0.367. The number of ether oxygens (including phenoxy) is 1. The number of nitrogen functional groups attached to an aromatic ring is 1. The van der Waals surface area contributed by atoms with Crippen LogP contribution >= 0.6 is 23.1 Å². The van der Waals surface area contributed by atoms with E-state index in [1.807, 2.05) is 49.4 Å². The van der Waals surface area contributed by atoms with E-state index in [2.05, 4.69) is 22.3 Å². The van der Waals surface area contributed by atoms with Crippen molar-refractivity contribution in [1.82, 2.24) is 4.90 Å². The van der Waals surface area contributed by atoms with Crippen molar-refractivity contribution in [1.29, 1.82) is 0 Å². The van der Waals surface area contributed by atoms with E-state index >= 15 is 0 Å². The fourth-order valence-electron chi connectivity index (χ4n) is 4.21. The summed E-state index contributed by atoms with van der Waals surface area (Å²) in [5.74, 6) is -0.487. The summed E-state index contributed by atoms with van der Waals surface area (Å²) in [6, 6.07) is 17.9. The summed E-state index contributed by atoms with van der Waals surface area (Å²) in [7, 11) is 0. The zero-order valence-corrected chi connectivity index (χ0v) is 21.7. The molecule has 184 valence electrons. The number of carbonyl (C=O) groups excluding carboxylic acids is 2. The van der Waals surface area contributed by atoms with Crippen LogP contribution in [0.1, 0.15) is 46.6 Å². The number of carbonyl (C=O) groups is 2. The number of amides is 1. The maximum absolute atomic E-state index is 13.3. The number of hydrogen-bond donors (Lipinski definition) is 2. The molecule has 6 nitrogen and oxygen atoms in total. The summed E-state index contributed by atoms with van der Waals surface area (Å²) in [5, 5.41) is 3.35. The molecule has 0 bridgehead atoms. The summed E-state index contributed by atoms with van der Waals surface area (Å²) in [6.07, 6.45) is 1.40. The molecule has 3 aromatic rings. The van der Waals surface area contributed by atoms with Crippen molar-refractivity contribution < 1.29 is 14.3 Å². The Balaban J connectivity index is 1.54. The Hall–Kier alpha value is -2.81. The van der Waals surface area contributed by atoms with Gasteiger partial charge in [-0.15, -0.1) is 23.1 Å². The highest BCUT2D eigenvalue weighted by molar-refractivity contribution is 8.00. The third-order valence-electron chi connectivity index (χ3n) is 5.90. The number of fused-ring (bicyclic) bond motifs is 1. The monoisotopic (exact) mass is 509 g/mol. The van der Waals surface area contributed by atoms with Crippen molar-refractivity contribution in [2.75, 3.05) is 24.2 Å². The standard InChI is InChI=1S/C27H31N3O3S2/c1-3-22(34-20-12-8-11-19(28)15-20)25(31)29-26-24(27(32)33-4-2)21-13-14-30(17-23(21)35-26)16-18-9-6-5-7-10-18/h5-12,15,22H,3-4,13-14,16-17,28H2,1-2H3,(H,29,31). The van der Waals surface area contributed by atoms with Gasteiger partial charge in [0, 0.05) is 35.1 Å². The number of anilines is 2. The predicted molar refractivity (Wildman–Crippen MR) is 144 cm³/mol. The van der Waals surface area contributed by atoms with Gasteiger partial charge in [0.2, 0.25) is 5.91 Å². The molecule has 35 heavy (non-hydrogen) atoms. The van der Waals surface area contributed by atoms with Crippen LogP contribution in [-0.2, 0) is 29.0 Å². The zero-order chi connectivity index (χ0) is 24.8. The van der Waals surface area contributed by atoms with Gasteiger partial charge in [-0.2, -0.15) is 0 Å². The predicted octanol–water partition coefficient (Wildman–Crippen LogP) is 5.57. The summed E-state index contributed by atoms with van der Waals surface area (Å²) in [4.78, 5) is 30.6. The molecular formula is C27H31N3O3S2. The van der Waals surface area contributed by atoms with E-state index in [0.29, 0.717) is 29.3 Å². The second kappa shape index (κ2) is 11.7. The van der Waals surface area contributed by atoms with Crippen molar-refractivity contribution in [3.63, 3.8) is 0 Å². The molecule has 0 fully saturated rings. The lowest BCUT2D eigenvalue weighted by Gasteiger charge is -2.27. The van der Waals surface area contributed by atoms with Crippen LogP contribution < -0.4 is 11.1 Å². The highest BCUT2D eigenvalue weighted by Gasteiger charge is 2.30. The summed E-state index contributed by atoms with van der Waals surface area (Å²) in [5.41, 5.74) is 9.35. The van der Waals surface area contributed by atoms with Crippen LogP contribution in [0.25, 0.3) is 0 Å². The van der Waals surface area contributed by atoms with Crippen molar-refractivity contribution in [2.24, 2.45) is 0 Å². The van der Waals surface area contributed by atoms with Gasteiger partial charge in [0.05, 0.1) is 17.4 Å². The summed E-state index contributed by atoms with van der Waals surface area (Å²) >= 11 is 2.97. The van der Waals surface area contributed by atoms with E-state index in [0.717, 1.165) is 41.4 Å². The Labute approximate surface area is 214 Å². The smallest absolute Gasteiger partial charge is 0.341 e. The maximum atomic E-state index is 13.3. The minimum Gasteiger partial charge on any atom is -0.462 e. The molecule has 1 aliphatic heterocycles. The van der Waals surface area contributed by atoms with Crippen LogP contribution in [0.4, 0.5) is 10.7 Å². The van der Waals surface area contributed by atoms with E-state index in [1.54, 1.807) is 6.92 Å². The van der Waals surface area contributed by atoms with E-state index in [4.69, 9.17) is 10.5 Å². The molecule has 4 rings (SSSR count). The fraction of sp³-hybridized carbons (Fsp3) is 0.333. The Bertz CT molecular complexity index is 1180. The number of esters is 1. The SMILES string of the molecule is CCOC(=O)c1c(NC(=O)C(CC)Sc2cccc(N)c2)sc2c1CCN(Cc1ccccc1)C2. The molecule has 2 aromatic carbocycles. The van der Waals surface area contributed by atoms with Crippen molar-refractivity contribution in [2.45, 2.75) is 49.9 Å². The number of nitrogens with one attached hydrogen (secondary N) is 1. The van der Waals surface area contributed by atoms with Gasteiger partial charge in [-0.05, 0) is 49.1 Å². The van der Waals surface area contributed by atoms with Crippen LogP contribution in [0.2, 0.25) is 0 Å². The molecule has 3 N–H and O–H groups in total. The van der Waals surface area contributed by atoms with Gasteiger partial charge >= 0.3 is 5.97 Å². The first-order valence-corrected chi connectivity index (χ1v) is 13.6. The van der Waals surface area contributed by atoms with Gasteiger partial charge in [0.15, 0.2) is 0 Å². The second-order valence-corrected chi connectivity index (χ2v) is 10.8. The number of nitrogens with zero attached hydrogens (tertiary/aromatic N) is 1. The van der Waals surface area contributed by atoms with Gasteiger partial charge in [-0.3, -0.25) is 9.69 Å². The average Bonchev–Trinajstić information content (AvgIpc) is 3.20. The number of hydrogen-bond acceptors (Lipinski definition) is 7. The lowest BCUT2D eigenvalue weighted by Crippen LogP contribution is -2.30. The molecule has 1 unspecified atom stereocenters. The highest BCUT2D eigenvalue weighted by atomic mass is 32.2. The largest absolute Gasteiger partial charge is 0.462 e. The molecule has 8 heteroatoms. The van der Waals surface area contributed by atoms with Crippen molar-refractivity contribution in [3.8, 4) is 0 Å². The Morgan fingerprint density at radius 1 is 1.17 bits per heavy atom. The third-order valence-corrected chi connectivity index (χ3v) is 8.39. The van der Waals surface area contributed by atoms with E-state index in [1.165, 1.54) is 28.7 Å². The first-order chi connectivity index (χ1) is 17.0. The molecule has 2 heterocycles. The number of thioether (sulfide) groups is 1. The van der Waals surface area contributed by atoms with E-state index in [-0.39, 0.29) is 17.1 Å². The highest BCUT2D eigenvalue weighted by Crippen LogP contribution is 2.39. The molecular weight excluding hydrogens is 478 g/mol. The quantitative estimate of drug-likeness (QED) is 0.223. The molecule has 0 radical (unpaired) electrons. The molecule has 0 saturated carbocycles. The molecule has 1 aliphatic rings. The number of nitrogens with two attached hydrogens (primary N) is 1. The average molecular weight is 510 g/mol. The normalized spacial score (nSPS) is 14.2. The van der Waals surface area contributed by atoms with Crippen LogP contribution in [0.5, 0.6) is 0 Å². The third kappa shape index (κ3) is 6.25. The Kier molecular flexibility index (Phi) is 8.49. The van der Waals surface area contributed by atoms with E-state index in [9.17, 15) is 9.59 Å². The van der Waals surface area contributed by atoms with Gasteiger partial charge in [0.1, 0.15) is 5.00 Å². The van der Waals surface area contributed by atoms with E-state index < -0.39 is 0 Å². The maximum Gasteiger partial charge on any atom is 0.341 e. The van der Waals surface area contributed by atoms with Gasteiger partial charge < -0.3 is 15.8 Å². The van der Waals surface area contributed by atoms with Crippen LogP contribution in [0, 0.1) is 0 Å². The van der Waals surface area contributed by atoms with Crippen molar-refractivity contribution >= 4 is 45.7 Å². The minimum absolute atomic E-state index is 0.120. The van der Waals surface area contributed by atoms with Crippen LogP contribution in [0.15, 0.2) is 59.5 Å². The first-order valence-electron chi connectivity index (χ1n) is 11.9. The summed E-state index contributed by atoms with van der Waals surface area (Å²) < 4.78 is 5.38. The molecule has 0 saturated heterocycles. The molecule has 0 aliphatic carbocycles. The Morgan fingerprint density at radius 2 is 1.97 bits per heavy atom. The fourth-order valence-corrected chi connectivity index (χ4v) is 6.51. The number of benzene rings is 2. The van der Waals surface area contributed by atoms with Crippen LogP contribution in [0.3, 0.4) is 0 Å². The van der Waals surface area contributed by atoms with Gasteiger partial charge in [-0.25, -0.2) is 4.79 Å². The zero-order valence-electron chi connectivity index (χ0n) is 20.1. The molecule has 0 spiro atoms. The first kappa shape index (κ1) is 25.3. The second-order valence-electron chi connectivity index (χ2n) is 8.45. The van der Waals surface area contributed by atoms with Crippen molar-refractivity contribution in [3.05, 3.63) is 76.2 Å². The Morgan fingerprint density at radius 3 is 2.69 bits per heavy atom. The summed E-state index contributed by atoms with van der Waals surface area (Å²) in [6.45, 7) is 6.51. The molecule has 1 atom stereocenters. The lowest BCUT2D eigenvalue weighted by atomic mass is 10.0. The van der Waals surface area contributed by atoms with Gasteiger partial charge in [0.25, 0.3) is 0 Å². The topological polar surface area (TPSA) is 84.7 Å². The lowest BCUT2D eigenvalue weighted by molar-refractivity contribution is -0.115. The van der Waals surface area contributed by atoms with Gasteiger partial charge in [-0.1, -0.05) is 43.3 Å². The molecule has 1 aromatic heterocycles. The molecule has 1 amide bonds. The van der Waals surface area contributed by atoms with Crippen LogP contribution in [-0.4, -0.2) is 35.2 Å². The number of thiophene rings is 1.